The number of pyridine rings is 1. The number of aromatic nitrogens is 2. The van der Waals surface area contributed by atoms with Gasteiger partial charge in [0, 0.05) is 28.5 Å². The van der Waals surface area contributed by atoms with Gasteiger partial charge in [0.25, 0.3) is 5.91 Å². The van der Waals surface area contributed by atoms with E-state index in [1.165, 1.54) is 18.3 Å². The molecule has 0 atom stereocenters. The lowest BCUT2D eigenvalue weighted by Crippen LogP contribution is -2.30. The Balaban J connectivity index is 1.74. The van der Waals surface area contributed by atoms with Gasteiger partial charge in [-0.3, -0.25) is 19.5 Å². The van der Waals surface area contributed by atoms with Crippen LogP contribution in [-0.4, -0.2) is 21.7 Å². The Kier molecular flexibility index (Phi) is 5.38. The summed E-state index contributed by atoms with van der Waals surface area (Å²) >= 11 is 7.51. The molecule has 0 aliphatic heterocycles. The van der Waals surface area contributed by atoms with Crippen molar-refractivity contribution in [1.29, 1.82) is 0 Å². The Morgan fingerprint density at radius 2 is 1.69 bits per heavy atom. The van der Waals surface area contributed by atoms with E-state index in [-0.39, 0.29) is 11.7 Å². The highest BCUT2D eigenvalue weighted by molar-refractivity contribution is 7.22. The standard InChI is InChI=1S/C22H16ClN3O2S/c1-14(27)16-2-4-17(5-3-16)21(28)26(13-15-8-10-24-11-9-15)22-25-19-7-6-18(23)12-20(19)29-22/h2-12H,13H2,1H3. The quantitative estimate of drug-likeness (QED) is 0.405. The topological polar surface area (TPSA) is 63.2 Å². The van der Waals surface area contributed by atoms with Crippen LogP contribution in [0.2, 0.25) is 5.02 Å². The molecule has 0 saturated carbocycles. The van der Waals surface area contributed by atoms with E-state index in [1.54, 1.807) is 47.6 Å². The van der Waals surface area contributed by atoms with Crippen LogP contribution >= 0.6 is 22.9 Å². The maximum absolute atomic E-state index is 13.3. The molecule has 5 nitrogen and oxygen atoms in total. The fourth-order valence-electron chi connectivity index (χ4n) is 2.90. The largest absolute Gasteiger partial charge is 0.295 e. The van der Waals surface area contributed by atoms with Crippen LogP contribution in [-0.2, 0) is 6.54 Å². The SMILES string of the molecule is CC(=O)c1ccc(C(=O)N(Cc2ccncc2)c2nc3ccc(Cl)cc3s2)cc1. The molecule has 0 aliphatic rings. The predicted molar refractivity (Wildman–Crippen MR) is 116 cm³/mol. The molecule has 0 aliphatic carbocycles. The van der Waals surface area contributed by atoms with Crippen LogP contribution in [0.4, 0.5) is 5.13 Å². The number of thiazole rings is 1. The minimum atomic E-state index is -0.193. The van der Waals surface area contributed by atoms with Gasteiger partial charge in [-0.25, -0.2) is 4.98 Å². The van der Waals surface area contributed by atoms with Crippen molar-refractivity contribution in [2.24, 2.45) is 0 Å². The molecular weight excluding hydrogens is 406 g/mol. The van der Waals surface area contributed by atoms with Crippen LogP contribution in [0.1, 0.15) is 33.2 Å². The Bertz CT molecular complexity index is 1190. The van der Waals surface area contributed by atoms with E-state index in [0.29, 0.717) is 27.8 Å². The number of amides is 1. The smallest absolute Gasteiger partial charge is 0.260 e. The lowest BCUT2D eigenvalue weighted by atomic mass is 10.1. The van der Waals surface area contributed by atoms with Crippen LogP contribution in [0.3, 0.4) is 0 Å². The highest BCUT2D eigenvalue weighted by Gasteiger charge is 2.22. The molecule has 2 heterocycles. The average Bonchev–Trinajstić information content (AvgIpc) is 3.15. The second-order valence-electron chi connectivity index (χ2n) is 6.49. The molecule has 0 unspecified atom stereocenters. The van der Waals surface area contributed by atoms with Gasteiger partial charge in [-0.1, -0.05) is 35.1 Å². The van der Waals surface area contributed by atoms with E-state index < -0.39 is 0 Å². The second-order valence-corrected chi connectivity index (χ2v) is 7.93. The summed E-state index contributed by atoms with van der Waals surface area (Å²) in [7, 11) is 0. The zero-order chi connectivity index (χ0) is 20.4. The maximum Gasteiger partial charge on any atom is 0.260 e. The summed E-state index contributed by atoms with van der Waals surface area (Å²) in [5.41, 5.74) is 2.78. The molecule has 4 rings (SSSR count). The van der Waals surface area contributed by atoms with Crippen molar-refractivity contribution < 1.29 is 9.59 Å². The number of Topliss-reactive ketones (excluding diaryl/α,β-unsaturated/α-hetero) is 1. The number of fused-ring (bicyclic) bond motifs is 1. The number of hydrogen-bond acceptors (Lipinski definition) is 5. The molecule has 7 heteroatoms. The Hall–Kier alpha value is -3.09. The molecule has 0 N–H and O–H groups in total. The number of carbonyl (C=O) groups excluding carboxylic acids is 2. The normalized spacial score (nSPS) is 10.8. The van der Waals surface area contributed by atoms with E-state index in [9.17, 15) is 9.59 Å². The molecule has 0 radical (unpaired) electrons. The van der Waals surface area contributed by atoms with Crippen LogP contribution in [0.15, 0.2) is 67.0 Å². The molecule has 4 aromatic rings. The van der Waals surface area contributed by atoms with Crippen molar-refractivity contribution in [3.05, 3.63) is 88.7 Å². The monoisotopic (exact) mass is 421 g/mol. The number of halogens is 1. The highest BCUT2D eigenvalue weighted by Crippen LogP contribution is 2.32. The van der Waals surface area contributed by atoms with Crippen LogP contribution in [0.25, 0.3) is 10.2 Å². The highest BCUT2D eigenvalue weighted by atomic mass is 35.5. The van der Waals surface area contributed by atoms with Gasteiger partial charge in [-0.15, -0.1) is 0 Å². The van der Waals surface area contributed by atoms with Crippen LogP contribution < -0.4 is 4.90 Å². The van der Waals surface area contributed by atoms with Gasteiger partial charge < -0.3 is 0 Å². The van der Waals surface area contributed by atoms with Crippen molar-refractivity contribution in [3.63, 3.8) is 0 Å². The first-order valence-electron chi connectivity index (χ1n) is 8.89. The fraction of sp³-hybridized carbons (Fsp3) is 0.0909. The maximum atomic E-state index is 13.3. The summed E-state index contributed by atoms with van der Waals surface area (Å²) in [6.45, 7) is 1.85. The summed E-state index contributed by atoms with van der Waals surface area (Å²) < 4.78 is 0.909. The first-order chi connectivity index (χ1) is 14.0. The number of hydrogen-bond donors (Lipinski definition) is 0. The molecule has 144 valence electrons. The lowest BCUT2D eigenvalue weighted by molar-refractivity contribution is 0.0981. The van der Waals surface area contributed by atoms with Gasteiger partial charge in [0.1, 0.15) is 0 Å². The molecule has 2 aromatic carbocycles. The van der Waals surface area contributed by atoms with Gasteiger partial charge in [0.05, 0.1) is 16.8 Å². The average molecular weight is 422 g/mol. The van der Waals surface area contributed by atoms with E-state index in [1.807, 2.05) is 24.3 Å². The third kappa shape index (κ3) is 4.18. The number of carbonyl (C=O) groups is 2. The Labute approximate surface area is 176 Å². The van der Waals surface area contributed by atoms with Crippen molar-refractivity contribution >= 4 is 50.0 Å². The van der Waals surface area contributed by atoms with Crippen molar-refractivity contribution in [2.45, 2.75) is 13.5 Å². The minimum absolute atomic E-state index is 0.0410. The molecule has 29 heavy (non-hydrogen) atoms. The number of nitrogens with zero attached hydrogens (tertiary/aromatic N) is 3. The van der Waals surface area contributed by atoms with Gasteiger partial charge in [0.2, 0.25) is 0 Å². The van der Waals surface area contributed by atoms with E-state index in [4.69, 9.17) is 11.6 Å². The van der Waals surface area contributed by atoms with E-state index in [2.05, 4.69) is 9.97 Å². The summed E-state index contributed by atoms with van der Waals surface area (Å²) in [6, 6.07) is 15.9. The van der Waals surface area contributed by atoms with Gasteiger partial charge in [0.15, 0.2) is 10.9 Å². The van der Waals surface area contributed by atoms with E-state index in [0.717, 1.165) is 15.8 Å². The fourth-order valence-corrected chi connectivity index (χ4v) is 4.14. The summed E-state index contributed by atoms with van der Waals surface area (Å²) in [6.07, 6.45) is 3.38. The van der Waals surface area contributed by atoms with Crippen LogP contribution in [0, 0.1) is 0 Å². The molecule has 1 amide bonds. The molecule has 2 aromatic heterocycles. The number of ketones is 1. The van der Waals surface area contributed by atoms with Gasteiger partial charge in [-0.2, -0.15) is 0 Å². The number of rotatable bonds is 5. The second kappa shape index (κ2) is 8.11. The molecule has 0 saturated heterocycles. The van der Waals surface area contributed by atoms with Crippen LogP contribution in [0.5, 0.6) is 0 Å². The van der Waals surface area contributed by atoms with Crippen molar-refractivity contribution in [3.8, 4) is 0 Å². The summed E-state index contributed by atoms with van der Waals surface area (Å²) in [5.74, 6) is -0.234. The summed E-state index contributed by atoms with van der Waals surface area (Å²) in [5, 5.41) is 1.21. The van der Waals surface area contributed by atoms with Gasteiger partial charge >= 0.3 is 0 Å². The van der Waals surface area contributed by atoms with Crippen molar-refractivity contribution in [1.82, 2.24) is 9.97 Å². The predicted octanol–water partition coefficient (Wildman–Crippen LogP) is 5.39. The molecule has 0 fully saturated rings. The zero-order valence-electron chi connectivity index (χ0n) is 15.5. The Morgan fingerprint density at radius 1 is 1.00 bits per heavy atom. The molecular formula is C22H16ClN3O2S. The minimum Gasteiger partial charge on any atom is -0.295 e. The van der Waals surface area contributed by atoms with E-state index >= 15 is 0 Å². The number of anilines is 1. The third-order valence-electron chi connectivity index (χ3n) is 4.44. The Morgan fingerprint density at radius 3 is 2.38 bits per heavy atom. The first kappa shape index (κ1) is 19.2. The molecule has 0 spiro atoms. The lowest BCUT2D eigenvalue weighted by Gasteiger charge is -2.20. The van der Waals surface area contributed by atoms with Crippen molar-refractivity contribution in [2.75, 3.05) is 4.90 Å². The van der Waals surface area contributed by atoms with Gasteiger partial charge in [-0.05, 0) is 55.0 Å². The molecule has 0 bridgehead atoms. The third-order valence-corrected chi connectivity index (χ3v) is 5.72. The summed E-state index contributed by atoms with van der Waals surface area (Å²) in [4.78, 5) is 35.2. The first-order valence-corrected chi connectivity index (χ1v) is 10.1. The number of benzene rings is 2. The zero-order valence-corrected chi connectivity index (χ0v) is 17.1.